The number of benzene rings is 1. The molecule has 138 valence electrons. The molecule has 0 saturated carbocycles. The first-order valence-corrected chi connectivity index (χ1v) is 9.03. The molecule has 1 N–H and O–H groups in total. The van der Waals surface area contributed by atoms with Crippen LogP contribution in [0.5, 0.6) is 5.75 Å². The molecule has 1 saturated heterocycles. The van der Waals surface area contributed by atoms with Crippen molar-refractivity contribution >= 4 is 11.8 Å². The quantitative estimate of drug-likeness (QED) is 0.827. The Morgan fingerprint density at radius 1 is 1.19 bits per heavy atom. The maximum Gasteiger partial charge on any atom is 0.287 e. The van der Waals surface area contributed by atoms with Crippen molar-refractivity contribution in [3.05, 3.63) is 54.0 Å². The van der Waals surface area contributed by atoms with Crippen molar-refractivity contribution in [2.24, 2.45) is 0 Å². The third kappa shape index (κ3) is 4.25. The van der Waals surface area contributed by atoms with E-state index in [1.54, 1.807) is 12.1 Å². The van der Waals surface area contributed by atoms with Gasteiger partial charge in [0.15, 0.2) is 12.4 Å². The predicted molar refractivity (Wildman–Crippen MR) is 97.0 cm³/mol. The van der Waals surface area contributed by atoms with Gasteiger partial charge in [0, 0.05) is 18.7 Å². The summed E-state index contributed by atoms with van der Waals surface area (Å²) in [4.78, 5) is 26.3. The van der Waals surface area contributed by atoms with Crippen molar-refractivity contribution in [3.63, 3.8) is 0 Å². The number of rotatable bonds is 7. The molecule has 0 radical (unpaired) electrons. The largest absolute Gasteiger partial charge is 0.483 e. The lowest BCUT2D eigenvalue weighted by molar-refractivity contribution is -0.132. The van der Waals surface area contributed by atoms with Gasteiger partial charge in [-0.1, -0.05) is 25.1 Å². The molecule has 1 atom stereocenters. The molecule has 0 spiro atoms. The summed E-state index contributed by atoms with van der Waals surface area (Å²) in [5.41, 5.74) is 0.851. The molecule has 6 heteroatoms. The molecule has 2 heterocycles. The molecule has 1 aromatic heterocycles. The number of furan rings is 1. The number of likely N-dealkylation sites (tertiary alicyclic amines) is 1. The Labute approximate surface area is 153 Å². The Balaban J connectivity index is 1.68. The summed E-state index contributed by atoms with van der Waals surface area (Å²) in [7, 11) is 0. The smallest absolute Gasteiger partial charge is 0.287 e. The number of para-hydroxylation sites is 1. The number of ether oxygens (including phenoxy) is 1. The molecule has 26 heavy (non-hydrogen) atoms. The Kier molecular flexibility index (Phi) is 5.94. The highest BCUT2D eigenvalue weighted by atomic mass is 16.5. The van der Waals surface area contributed by atoms with Gasteiger partial charge in [-0.25, -0.2) is 0 Å². The Morgan fingerprint density at radius 3 is 2.65 bits per heavy atom. The summed E-state index contributed by atoms with van der Waals surface area (Å²) in [6.45, 7) is 3.61. The van der Waals surface area contributed by atoms with E-state index >= 15 is 0 Å². The second-order valence-electron chi connectivity index (χ2n) is 6.33. The number of carbonyl (C=O) groups is 2. The zero-order valence-corrected chi connectivity index (χ0v) is 14.9. The molecule has 1 aliphatic rings. The number of amides is 2. The minimum Gasteiger partial charge on any atom is -0.483 e. The first-order valence-electron chi connectivity index (χ1n) is 9.03. The van der Waals surface area contributed by atoms with Crippen molar-refractivity contribution in [1.82, 2.24) is 10.2 Å². The van der Waals surface area contributed by atoms with Crippen molar-refractivity contribution in [3.8, 4) is 5.75 Å². The standard InChI is InChI=1S/C20H24N2O4/c1-2-16(21-20(24)18-10-7-13-25-18)15-8-3-4-9-17(15)26-14-19(23)22-11-5-6-12-22/h3-4,7-10,13,16H,2,5-6,11-12,14H2,1H3,(H,21,24)/t16-/m1/s1. The van der Waals surface area contributed by atoms with Crippen LogP contribution in [0.15, 0.2) is 47.1 Å². The van der Waals surface area contributed by atoms with E-state index in [-0.39, 0.29) is 30.2 Å². The van der Waals surface area contributed by atoms with E-state index in [0.29, 0.717) is 12.2 Å². The van der Waals surface area contributed by atoms with Crippen LogP contribution in [-0.4, -0.2) is 36.4 Å². The lowest BCUT2D eigenvalue weighted by Gasteiger charge is -2.21. The average molecular weight is 356 g/mol. The van der Waals surface area contributed by atoms with Gasteiger partial charge in [-0.2, -0.15) is 0 Å². The third-order valence-corrected chi connectivity index (χ3v) is 4.56. The zero-order valence-electron chi connectivity index (χ0n) is 14.9. The van der Waals surface area contributed by atoms with E-state index in [9.17, 15) is 9.59 Å². The molecule has 1 aliphatic heterocycles. The maximum absolute atomic E-state index is 12.3. The van der Waals surface area contributed by atoms with Gasteiger partial charge in [0.25, 0.3) is 11.8 Å². The molecular weight excluding hydrogens is 332 g/mol. The highest BCUT2D eigenvalue weighted by Crippen LogP contribution is 2.27. The fourth-order valence-electron chi connectivity index (χ4n) is 3.13. The summed E-state index contributed by atoms with van der Waals surface area (Å²) in [5.74, 6) is 0.618. The number of nitrogens with one attached hydrogen (secondary N) is 1. The van der Waals surface area contributed by atoms with E-state index in [1.165, 1.54) is 6.26 Å². The molecule has 0 unspecified atom stereocenters. The van der Waals surface area contributed by atoms with E-state index in [0.717, 1.165) is 31.5 Å². The Hall–Kier alpha value is -2.76. The van der Waals surface area contributed by atoms with Crippen LogP contribution in [-0.2, 0) is 4.79 Å². The molecular formula is C20H24N2O4. The summed E-state index contributed by atoms with van der Waals surface area (Å²) in [6, 6.07) is 10.6. The average Bonchev–Trinajstić information content (AvgIpc) is 3.38. The van der Waals surface area contributed by atoms with Crippen molar-refractivity contribution in [2.75, 3.05) is 19.7 Å². The molecule has 2 aromatic rings. The summed E-state index contributed by atoms with van der Waals surface area (Å²) >= 11 is 0. The molecule has 6 nitrogen and oxygen atoms in total. The highest BCUT2D eigenvalue weighted by Gasteiger charge is 2.21. The molecule has 1 fully saturated rings. The van der Waals surface area contributed by atoms with Crippen LogP contribution in [0.1, 0.15) is 48.3 Å². The molecule has 2 amide bonds. The fourth-order valence-corrected chi connectivity index (χ4v) is 3.13. The van der Waals surface area contributed by atoms with Gasteiger partial charge >= 0.3 is 0 Å². The van der Waals surface area contributed by atoms with Crippen molar-refractivity contribution in [1.29, 1.82) is 0 Å². The number of hydrogen-bond donors (Lipinski definition) is 1. The van der Waals surface area contributed by atoms with E-state index in [1.807, 2.05) is 36.1 Å². The summed E-state index contributed by atoms with van der Waals surface area (Å²) in [5, 5.41) is 2.96. The van der Waals surface area contributed by atoms with Crippen LogP contribution in [0.2, 0.25) is 0 Å². The molecule has 1 aromatic carbocycles. The first-order chi connectivity index (χ1) is 12.7. The predicted octanol–water partition coefficient (Wildman–Crippen LogP) is 3.16. The number of nitrogens with zero attached hydrogens (tertiary/aromatic N) is 1. The van der Waals surface area contributed by atoms with Crippen molar-refractivity contribution in [2.45, 2.75) is 32.2 Å². The lowest BCUT2D eigenvalue weighted by Crippen LogP contribution is -2.32. The summed E-state index contributed by atoms with van der Waals surface area (Å²) in [6.07, 6.45) is 4.27. The van der Waals surface area contributed by atoms with Crippen LogP contribution in [0, 0.1) is 0 Å². The Morgan fingerprint density at radius 2 is 1.96 bits per heavy atom. The lowest BCUT2D eigenvalue weighted by atomic mass is 10.0. The second kappa shape index (κ2) is 8.56. The second-order valence-corrected chi connectivity index (χ2v) is 6.33. The number of hydrogen-bond acceptors (Lipinski definition) is 4. The maximum atomic E-state index is 12.3. The fraction of sp³-hybridized carbons (Fsp3) is 0.400. The minimum atomic E-state index is -0.273. The van der Waals surface area contributed by atoms with Crippen LogP contribution in [0.3, 0.4) is 0 Å². The molecule has 0 aliphatic carbocycles. The van der Waals surface area contributed by atoms with Gasteiger partial charge in [-0.05, 0) is 37.5 Å². The number of carbonyl (C=O) groups excluding carboxylic acids is 2. The topological polar surface area (TPSA) is 71.8 Å². The van der Waals surface area contributed by atoms with Gasteiger partial charge in [0.05, 0.1) is 12.3 Å². The van der Waals surface area contributed by atoms with Crippen LogP contribution in [0.4, 0.5) is 0 Å². The van der Waals surface area contributed by atoms with Gasteiger partial charge < -0.3 is 19.4 Å². The third-order valence-electron chi connectivity index (χ3n) is 4.56. The highest BCUT2D eigenvalue weighted by molar-refractivity contribution is 5.91. The van der Waals surface area contributed by atoms with Crippen molar-refractivity contribution < 1.29 is 18.7 Å². The van der Waals surface area contributed by atoms with Crippen LogP contribution < -0.4 is 10.1 Å². The van der Waals surface area contributed by atoms with Gasteiger partial charge in [-0.15, -0.1) is 0 Å². The van der Waals surface area contributed by atoms with E-state index < -0.39 is 0 Å². The first kappa shape index (κ1) is 18.0. The molecule has 3 rings (SSSR count). The van der Waals surface area contributed by atoms with Crippen LogP contribution in [0.25, 0.3) is 0 Å². The van der Waals surface area contributed by atoms with Gasteiger partial charge in [-0.3, -0.25) is 9.59 Å². The molecule has 0 bridgehead atoms. The monoisotopic (exact) mass is 356 g/mol. The van der Waals surface area contributed by atoms with Crippen LogP contribution >= 0.6 is 0 Å². The zero-order chi connectivity index (χ0) is 18.4. The van der Waals surface area contributed by atoms with E-state index in [4.69, 9.17) is 9.15 Å². The summed E-state index contributed by atoms with van der Waals surface area (Å²) < 4.78 is 10.9. The van der Waals surface area contributed by atoms with Gasteiger partial charge in [0.2, 0.25) is 0 Å². The Bertz CT molecular complexity index is 736. The SMILES string of the molecule is CC[C@@H](NC(=O)c1ccco1)c1ccccc1OCC(=O)N1CCCC1. The minimum absolute atomic E-state index is 0.00460. The van der Waals surface area contributed by atoms with E-state index in [2.05, 4.69) is 5.32 Å². The van der Waals surface area contributed by atoms with Gasteiger partial charge in [0.1, 0.15) is 5.75 Å². The normalized spacial score (nSPS) is 14.9.